The van der Waals surface area contributed by atoms with Crippen molar-refractivity contribution in [2.45, 2.75) is 31.7 Å². The molecule has 1 aliphatic carbocycles. The van der Waals surface area contributed by atoms with Crippen LogP contribution in [-0.2, 0) is 14.4 Å². The molecule has 2 amide bonds. The van der Waals surface area contributed by atoms with Gasteiger partial charge in [-0.3, -0.25) is 14.4 Å². The topological polar surface area (TPSA) is 95.9 Å². The number of para-hydroxylation sites is 1. The van der Waals surface area contributed by atoms with Gasteiger partial charge in [-0.1, -0.05) is 18.2 Å². The number of carbonyl (C=O) groups excluding carboxylic acids is 2. The van der Waals surface area contributed by atoms with E-state index in [0.29, 0.717) is 44.5 Å². The molecule has 0 aromatic heterocycles. The van der Waals surface area contributed by atoms with Crippen LogP contribution < -0.4 is 10.1 Å². The molecular weight excluding hydrogens is 336 g/mol. The highest BCUT2D eigenvalue weighted by Gasteiger charge is 2.37. The molecule has 2 aliphatic rings. The maximum atomic E-state index is 12.3. The maximum Gasteiger partial charge on any atom is 0.306 e. The van der Waals surface area contributed by atoms with E-state index in [-0.39, 0.29) is 36.3 Å². The Morgan fingerprint density at radius 1 is 1.08 bits per heavy atom. The third-order valence-electron chi connectivity index (χ3n) is 5.16. The number of hydrogen-bond acceptors (Lipinski definition) is 4. The molecule has 2 N–H and O–H groups in total. The summed E-state index contributed by atoms with van der Waals surface area (Å²) < 4.78 is 5.48. The van der Waals surface area contributed by atoms with Crippen LogP contribution in [0.3, 0.4) is 0 Å². The SMILES string of the molecule is O=C(O)C1CC(NC(=O)C2CCN(C(=O)COc3ccccc3)CC2)C1. The molecule has 0 spiro atoms. The first-order chi connectivity index (χ1) is 12.5. The Balaban J connectivity index is 1.36. The van der Waals surface area contributed by atoms with Gasteiger partial charge in [-0.05, 0) is 37.8 Å². The number of rotatable bonds is 6. The number of carbonyl (C=O) groups is 3. The Labute approximate surface area is 152 Å². The largest absolute Gasteiger partial charge is 0.484 e. The maximum absolute atomic E-state index is 12.3. The van der Waals surface area contributed by atoms with Gasteiger partial charge in [0.2, 0.25) is 5.91 Å². The summed E-state index contributed by atoms with van der Waals surface area (Å²) in [7, 11) is 0. The molecule has 3 rings (SSSR count). The fourth-order valence-corrected chi connectivity index (χ4v) is 3.40. The zero-order chi connectivity index (χ0) is 18.5. The van der Waals surface area contributed by atoms with E-state index >= 15 is 0 Å². The van der Waals surface area contributed by atoms with Gasteiger partial charge in [0.1, 0.15) is 5.75 Å². The van der Waals surface area contributed by atoms with Gasteiger partial charge in [0.15, 0.2) is 6.61 Å². The lowest BCUT2D eigenvalue weighted by molar-refractivity contribution is -0.146. The molecule has 0 atom stereocenters. The normalized spacial score (nSPS) is 23.0. The average Bonchev–Trinajstić information content (AvgIpc) is 2.62. The second-order valence-electron chi connectivity index (χ2n) is 6.97. The van der Waals surface area contributed by atoms with Gasteiger partial charge in [-0.25, -0.2) is 0 Å². The number of ether oxygens (including phenoxy) is 1. The second-order valence-corrected chi connectivity index (χ2v) is 6.97. The van der Waals surface area contributed by atoms with Crippen LogP contribution in [0.15, 0.2) is 30.3 Å². The number of carboxylic acid groups (broad SMARTS) is 1. The van der Waals surface area contributed by atoms with E-state index in [1.54, 1.807) is 17.0 Å². The van der Waals surface area contributed by atoms with Gasteiger partial charge in [0, 0.05) is 25.0 Å². The summed E-state index contributed by atoms with van der Waals surface area (Å²) >= 11 is 0. The first-order valence-corrected chi connectivity index (χ1v) is 9.01. The van der Waals surface area contributed by atoms with Gasteiger partial charge < -0.3 is 20.1 Å². The number of nitrogens with zero attached hydrogens (tertiary/aromatic N) is 1. The van der Waals surface area contributed by atoms with E-state index in [4.69, 9.17) is 9.84 Å². The van der Waals surface area contributed by atoms with Crippen LogP contribution in [0.1, 0.15) is 25.7 Å². The van der Waals surface area contributed by atoms with Gasteiger partial charge >= 0.3 is 5.97 Å². The monoisotopic (exact) mass is 360 g/mol. The summed E-state index contributed by atoms with van der Waals surface area (Å²) in [6.07, 6.45) is 2.26. The van der Waals surface area contributed by atoms with Crippen LogP contribution in [0, 0.1) is 11.8 Å². The van der Waals surface area contributed by atoms with Crippen LogP contribution in [-0.4, -0.2) is 53.5 Å². The molecule has 1 aliphatic heterocycles. The minimum Gasteiger partial charge on any atom is -0.484 e. The number of piperidine rings is 1. The number of hydrogen-bond donors (Lipinski definition) is 2. The summed E-state index contributed by atoms with van der Waals surface area (Å²) in [5.41, 5.74) is 0. The summed E-state index contributed by atoms with van der Waals surface area (Å²) in [4.78, 5) is 37.0. The smallest absolute Gasteiger partial charge is 0.306 e. The predicted molar refractivity (Wildman–Crippen MR) is 93.5 cm³/mol. The van der Waals surface area contributed by atoms with Crippen LogP contribution in [0.25, 0.3) is 0 Å². The fraction of sp³-hybridized carbons (Fsp3) is 0.526. The molecule has 7 nitrogen and oxygen atoms in total. The lowest BCUT2D eigenvalue weighted by Crippen LogP contribution is -2.50. The molecule has 140 valence electrons. The molecule has 1 aromatic carbocycles. The van der Waals surface area contributed by atoms with Crippen molar-refractivity contribution >= 4 is 17.8 Å². The lowest BCUT2D eigenvalue weighted by atomic mass is 9.80. The number of amides is 2. The zero-order valence-electron chi connectivity index (χ0n) is 14.6. The van der Waals surface area contributed by atoms with E-state index in [1.165, 1.54) is 0 Å². The molecule has 0 unspecified atom stereocenters. The molecule has 1 saturated heterocycles. The first kappa shape index (κ1) is 18.2. The predicted octanol–water partition coefficient (Wildman–Crippen LogP) is 1.28. The average molecular weight is 360 g/mol. The number of likely N-dealkylation sites (tertiary alicyclic amines) is 1. The van der Waals surface area contributed by atoms with Crippen molar-refractivity contribution in [3.05, 3.63) is 30.3 Å². The quantitative estimate of drug-likeness (QED) is 0.797. The van der Waals surface area contributed by atoms with Crippen molar-refractivity contribution in [1.29, 1.82) is 0 Å². The van der Waals surface area contributed by atoms with Crippen LogP contribution >= 0.6 is 0 Å². The summed E-state index contributed by atoms with van der Waals surface area (Å²) in [6.45, 7) is 1.08. The second kappa shape index (κ2) is 8.21. The Kier molecular flexibility index (Phi) is 5.75. The molecular formula is C19H24N2O5. The van der Waals surface area contributed by atoms with Crippen LogP contribution in [0.2, 0.25) is 0 Å². The van der Waals surface area contributed by atoms with E-state index < -0.39 is 5.97 Å². The summed E-state index contributed by atoms with van der Waals surface area (Å²) in [5.74, 6) is -0.667. The molecule has 26 heavy (non-hydrogen) atoms. The molecule has 1 heterocycles. The molecule has 0 bridgehead atoms. The highest BCUT2D eigenvalue weighted by Crippen LogP contribution is 2.28. The Bertz CT molecular complexity index is 649. The van der Waals surface area contributed by atoms with Crippen molar-refractivity contribution in [3.8, 4) is 5.75 Å². The van der Waals surface area contributed by atoms with Gasteiger partial charge in [0.25, 0.3) is 5.91 Å². The first-order valence-electron chi connectivity index (χ1n) is 9.01. The highest BCUT2D eigenvalue weighted by molar-refractivity contribution is 5.81. The number of nitrogens with one attached hydrogen (secondary N) is 1. The molecule has 1 saturated carbocycles. The van der Waals surface area contributed by atoms with Crippen molar-refractivity contribution < 1.29 is 24.2 Å². The molecule has 7 heteroatoms. The fourth-order valence-electron chi connectivity index (χ4n) is 3.40. The van der Waals surface area contributed by atoms with E-state index in [9.17, 15) is 14.4 Å². The lowest BCUT2D eigenvalue weighted by Gasteiger charge is -2.36. The standard InChI is InChI=1S/C19H24N2O5/c22-17(12-26-16-4-2-1-3-5-16)21-8-6-13(7-9-21)18(23)20-15-10-14(11-15)19(24)25/h1-5,13-15H,6-12H2,(H,20,23)(H,24,25). The molecule has 1 aromatic rings. The third-order valence-corrected chi connectivity index (χ3v) is 5.16. The minimum atomic E-state index is -0.792. The van der Waals surface area contributed by atoms with Crippen LogP contribution in [0.4, 0.5) is 0 Å². The van der Waals surface area contributed by atoms with E-state index in [2.05, 4.69) is 5.32 Å². The van der Waals surface area contributed by atoms with E-state index in [1.807, 2.05) is 18.2 Å². The summed E-state index contributed by atoms with van der Waals surface area (Å²) in [6, 6.07) is 9.17. The van der Waals surface area contributed by atoms with Gasteiger partial charge in [-0.15, -0.1) is 0 Å². The Morgan fingerprint density at radius 2 is 1.73 bits per heavy atom. The third kappa shape index (κ3) is 4.53. The van der Waals surface area contributed by atoms with Gasteiger partial charge in [-0.2, -0.15) is 0 Å². The van der Waals surface area contributed by atoms with Crippen molar-refractivity contribution in [3.63, 3.8) is 0 Å². The molecule has 2 fully saturated rings. The summed E-state index contributed by atoms with van der Waals surface area (Å²) in [5, 5.41) is 11.8. The van der Waals surface area contributed by atoms with Crippen molar-refractivity contribution in [2.24, 2.45) is 11.8 Å². The van der Waals surface area contributed by atoms with Gasteiger partial charge in [0.05, 0.1) is 5.92 Å². The molecule has 0 radical (unpaired) electrons. The zero-order valence-corrected chi connectivity index (χ0v) is 14.6. The van der Waals surface area contributed by atoms with Crippen molar-refractivity contribution in [2.75, 3.05) is 19.7 Å². The number of carboxylic acids is 1. The van der Waals surface area contributed by atoms with Crippen molar-refractivity contribution in [1.82, 2.24) is 10.2 Å². The van der Waals surface area contributed by atoms with E-state index in [0.717, 1.165) is 0 Å². The number of benzene rings is 1. The Hall–Kier alpha value is -2.57. The number of aliphatic carboxylic acids is 1. The minimum absolute atomic E-state index is 0.000469. The van der Waals surface area contributed by atoms with Crippen LogP contribution in [0.5, 0.6) is 5.75 Å². The highest BCUT2D eigenvalue weighted by atomic mass is 16.5. The Morgan fingerprint density at radius 3 is 2.35 bits per heavy atom.